The minimum absolute atomic E-state index is 1.18. The second-order valence-electron chi connectivity index (χ2n) is 1.53. The van der Waals surface area contributed by atoms with Crippen molar-refractivity contribution in [2.24, 2.45) is 56.6 Å². The van der Waals surface area contributed by atoms with Crippen molar-refractivity contribution >= 4 is 10.3 Å². The van der Waals surface area contributed by atoms with E-state index in [0.717, 1.165) is 0 Å². The Labute approximate surface area is 85.6 Å². The third-order valence-corrected chi connectivity index (χ3v) is 0.873. The van der Waals surface area contributed by atoms with Crippen LogP contribution in [-0.4, -0.2) is 13.3 Å². The van der Waals surface area contributed by atoms with Gasteiger partial charge in [-0.1, -0.05) is 4.47 Å². The molecule has 80 valence electrons. The molecule has 0 atom stereocenters. The lowest BCUT2D eigenvalue weighted by atomic mass is 11.6. The van der Waals surface area contributed by atoms with E-state index in [0.29, 0.717) is 0 Å². The third kappa shape index (κ3) is 11.7. The van der Waals surface area contributed by atoms with E-state index in [2.05, 4.69) is 56.6 Å². The second-order valence-corrected chi connectivity index (χ2v) is 2.59. The summed E-state index contributed by atoms with van der Waals surface area (Å²) in [6.07, 6.45) is 1.43. The van der Waals surface area contributed by atoms with Crippen LogP contribution in [-0.2, 0) is 10.3 Å². The SMILES string of the molecule is CN=NN=NN=NN=NN=NN=S(C)#N. The molecule has 0 rings (SSSR count). The van der Waals surface area contributed by atoms with Gasteiger partial charge in [0.1, 0.15) is 0 Å². The van der Waals surface area contributed by atoms with Crippen molar-refractivity contribution in [3.8, 4) is 0 Å². The van der Waals surface area contributed by atoms with E-state index >= 15 is 0 Å². The zero-order valence-electron chi connectivity index (χ0n) is 7.77. The molecule has 0 radical (unpaired) electrons. The van der Waals surface area contributed by atoms with Crippen LogP contribution in [0.1, 0.15) is 0 Å². The van der Waals surface area contributed by atoms with Crippen LogP contribution in [0.25, 0.3) is 0 Å². The lowest BCUT2D eigenvalue weighted by Crippen LogP contribution is -1.54. The molecule has 0 aromatic rings. The van der Waals surface area contributed by atoms with Crippen LogP contribution >= 0.6 is 0 Å². The summed E-state index contributed by atoms with van der Waals surface area (Å²) in [4.78, 5) is 0. The molecule has 0 unspecified atom stereocenters. The minimum atomic E-state index is -1.18. The molecule has 12 nitrogen and oxygen atoms in total. The number of hydrogen-bond donors (Lipinski definition) is 0. The number of hydrogen-bond acceptors (Lipinski definition) is 2. The molecule has 0 aromatic heterocycles. The van der Waals surface area contributed by atoms with Gasteiger partial charge >= 0.3 is 0 Å². The quantitative estimate of drug-likeness (QED) is 0.514. The summed E-state index contributed by atoms with van der Waals surface area (Å²) >= 11 is 0. The van der Waals surface area contributed by atoms with E-state index in [4.69, 9.17) is 4.61 Å². The van der Waals surface area contributed by atoms with Crippen LogP contribution in [0.5, 0.6) is 0 Å². The topological polar surface area (TPSA) is 160 Å². The summed E-state index contributed by atoms with van der Waals surface area (Å²) in [6.45, 7) is 0. The van der Waals surface area contributed by atoms with Gasteiger partial charge in [0, 0.05) is 6.26 Å². The summed E-state index contributed by atoms with van der Waals surface area (Å²) in [5.41, 5.74) is 0. The van der Waals surface area contributed by atoms with Gasteiger partial charge in [-0.2, -0.15) is 9.72 Å². The van der Waals surface area contributed by atoms with E-state index < -0.39 is 10.3 Å². The lowest BCUT2D eigenvalue weighted by Gasteiger charge is -1.68. The van der Waals surface area contributed by atoms with Gasteiger partial charge in [-0.25, -0.2) is 0 Å². The molecule has 0 heterocycles. The molecule has 0 amide bonds. The number of nitrogens with zero attached hydrogens (tertiary/aromatic N) is 12. The zero-order chi connectivity index (χ0) is 11.4. The Hall–Kier alpha value is -2.27. The summed E-state index contributed by atoms with van der Waals surface area (Å²) in [7, 11) is 0.244. The van der Waals surface area contributed by atoms with Crippen LogP contribution in [0.2, 0.25) is 0 Å². The molecule has 0 aromatic carbocycles. The molecular formula is C2H6N12S. The van der Waals surface area contributed by atoms with E-state index in [9.17, 15) is 0 Å². The molecule has 0 saturated heterocycles. The highest BCUT2D eigenvalue weighted by molar-refractivity contribution is 7.72. The Bertz CT molecular complexity index is 418. The Morgan fingerprint density at radius 2 is 1.13 bits per heavy atom. The first-order chi connectivity index (χ1) is 7.27. The first kappa shape index (κ1) is 12.7. The Morgan fingerprint density at radius 3 is 1.53 bits per heavy atom. The van der Waals surface area contributed by atoms with Gasteiger partial charge in [-0.3, -0.25) is 0 Å². The Kier molecular flexibility index (Phi) is 8.33. The van der Waals surface area contributed by atoms with E-state index in [1.54, 1.807) is 0 Å². The molecular weight excluding hydrogens is 224 g/mol. The van der Waals surface area contributed by atoms with Gasteiger partial charge < -0.3 is 0 Å². The normalized spacial score (nSPS) is 14.6. The van der Waals surface area contributed by atoms with Gasteiger partial charge in [0.2, 0.25) is 0 Å². The molecule has 0 bridgehead atoms. The maximum absolute atomic E-state index is 8.62. The van der Waals surface area contributed by atoms with Crippen molar-refractivity contribution in [2.45, 2.75) is 0 Å². The van der Waals surface area contributed by atoms with Crippen LogP contribution in [0.4, 0.5) is 0 Å². The fourth-order valence-electron chi connectivity index (χ4n) is 0.234. The summed E-state index contributed by atoms with van der Waals surface area (Å²) < 4.78 is 11.9. The molecule has 0 aliphatic carbocycles. The van der Waals surface area contributed by atoms with Crippen molar-refractivity contribution in [3.63, 3.8) is 0 Å². The molecule has 0 N–H and O–H groups in total. The fraction of sp³-hybridized carbons (Fsp3) is 1.00. The van der Waals surface area contributed by atoms with E-state index in [1.165, 1.54) is 13.3 Å². The molecule has 0 saturated carbocycles. The molecule has 13 heteroatoms. The van der Waals surface area contributed by atoms with Crippen molar-refractivity contribution in [1.29, 1.82) is 4.61 Å². The lowest BCUT2D eigenvalue weighted by molar-refractivity contribution is 0.770. The first-order valence-corrected chi connectivity index (χ1v) is 4.77. The van der Waals surface area contributed by atoms with E-state index in [-0.39, 0.29) is 0 Å². The molecule has 0 aliphatic heterocycles. The smallest absolute Gasteiger partial charge is 0.0663 e. The first-order valence-electron chi connectivity index (χ1n) is 3.22. The Balaban J connectivity index is 3.87. The highest BCUT2D eigenvalue weighted by Crippen LogP contribution is 1.86. The second kappa shape index (κ2) is 9.82. The van der Waals surface area contributed by atoms with Crippen LogP contribution in [0.3, 0.4) is 0 Å². The highest BCUT2D eigenvalue weighted by atomic mass is 32.2. The third-order valence-electron chi connectivity index (χ3n) is 0.564. The molecule has 0 aliphatic rings. The monoisotopic (exact) mass is 230 g/mol. The standard InChI is InChI=1S/C2H6N12S/c1-4-5-6-7-8-9-10-11-12-13-14-15(2)3/h1-2H3. The van der Waals surface area contributed by atoms with Gasteiger partial charge in [-0.15, -0.1) is 0 Å². The van der Waals surface area contributed by atoms with Gasteiger partial charge in [0.05, 0.1) is 17.4 Å². The average Bonchev–Trinajstić information content (AvgIpc) is 2.20. The summed E-state index contributed by atoms with van der Waals surface area (Å²) in [5.74, 6) is 0. The fourth-order valence-corrected chi connectivity index (χ4v) is 0.373. The van der Waals surface area contributed by atoms with Gasteiger partial charge in [-0.05, 0) is 47.0 Å². The highest BCUT2D eigenvalue weighted by Gasteiger charge is 1.68. The maximum atomic E-state index is 8.62. The molecule has 0 fully saturated rings. The summed E-state index contributed by atoms with van der Waals surface area (Å²) in [5, 5.41) is 30.7. The summed E-state index contributed by atoms with van der Waals surface area (Å²) in [6, 6.07) is 0. The minimum Gasteiger partial charge on any atom is -0.171 e. The van der Waals surface area contributed by atoms with Crippen molar-refractivity contribution < 1.29 is 0 Å². The molecule has 0 spiro atoms. The van der Waals surface area contributed by atoms with E-state index in [1.807, 2.05) is 0 Å². The predicted octanol–water partition coefficient (Wildman–Crippen LogP) is 2.36. The van der Waals surface area contributed by atoms with Gasteiger partial charge in [0.25, 0.3) is 0 Å². The predicted molar refractivity (Wildman–Crippen MR) is 47.6 cm³/mol. The molecule has 15 heavy (non-hydrogen) atoms. The Morgan fingerprint density at radius 1 is 0.733 bits per heavy atom. The van der Waals surface area contributed by atoms with Crippen LogP contribution in [0.15, 0.2) is 56.6 Å². The van der Waals surface area contributed by atoms with Crippen LogP contribution in [0, 0.1) is 4.61 Å². The maximum Gasteiger partial charge on any atom is 0.0663 e. The van der Waals surface area contributed by atoms with Crippen LogP contribution < -0.4 is 0 Å². The van der Waals surface area contributed by atoms with Crippen molar-refractivity contribution in [2.75, 3.05) is 13.3 Å². The average molecular weight is 230 g/mol. The van der Waals surface area contributed by atoms with Crippen molar-refractivity contribution in [1.82, 2.24) is 0 Å². The number of rotatable bonds is 5. The zero-order valence-corrected chi connectivity index (χ0v) is 8.59. The largest absolute Gasteiger partial charge is 0.171 e. The van der Waals surface area contributed by atoms with Gasteiger partial charge in [0.15, 0.2) is 0 Å². The van der Waals surface area contributed by atoms with Crippen molar-refractivity contribution in [3.05, 3.63) is 0 Å².